The van der Waals surface area contributed by atoms with Crippen molar-refractivity contribution >= 4 is 12.0 Å². The Morgan fingerprint density at radius 1 is 1.03 bits per heavy atom. The van der Waals surface area contributed by atoms with Crippen molar-refractivity contribution in [3.8, 4) is 16.9 Å². The zero-order valence-corrected chi connectivity index (χ0v) is 21.1. The molecule has 4 aromatic rings. The van der Waals surface area contributed by atoms with Crippen LogP contribution in [-0.2, 0) is 11.2 Å². The van der Waals surface area contributed by atoms with Crippen molar-refractivity contribution in [1.82, 2.24) is 29.5 Å². The van der Waals surface area contributed by atoms with Gasteiger partial charge in [0, 0.05) is 86.8 Å². The standard InChI is InChI=1S/C30H32N6O/c1-34(27-15-20-35(21-16-27)19-14-26-9-5-6-18-32-26)29(37)13-12-25-23-36(28-10-3-2-4-11-28)33-30(25)24-8-7-17-31-22-24/h2-13,17-18,22-23,27H,14-16,19-21H2,1H3. The molecule has 7 nitrogen and oxygen atoms in total. The van der Waals surface area contributed by atoms with Crippen molar-refractivity contribution < 1.29 is 4.79 Å². The molecule has 0 saturated carbocycles. The Labute approximate surface area is 218 Å². The van der Waals surface area contributed by atoms with Gasteiger partial charge in [-0.15, -0.1) is 0 Å². The lowest BCUT2D eigenvalue weighted by atomic mass is 10.0. The van der Waals surface area contributed by atoms with Crippen molar-refractivity contribution in [2.45, 2.75) is 25.3 Å². The monoisotopic (exact) mass is 492 g/mol. The van der Waals surface area contributed by atoms with E-state index in [-0.39, 0.29) is 11.9 Å². The topological polar surface area (TPSA) is 67.2 Å². The summed E-state index contributed by atoms with van der Waals surface area (Å²) >= 11 is 0. The fraction of sp³-hybridized carbons (Fsp3) is 0.267. The average molecular weight is 493 g/mol. The van der Waals surface area contributed by atoms with Crippen LogP contribution in [0.25, 0.3) is 23.0 Å². The molecule has 7 heteroatoms. The molecule has 1 aliphatic rings. The van der Waals surface area contributed by atoms with E-state index >= 15 is 0 Å². The Morgan fingerprint density at radius 2 is 1.84 bits per heavy atom. The van der Waals surface area contributed by atoms with Gasteiger partial charge in [0.25, 0.3) is 0 Å². The second-order valence-corrected chi connectivity index (χ2v) is 9.38. The summed E-state index contributed by atoms with van der Waals surface area (Å²) in [7, 11) is 1.91. The molecule has 1 aromatic carbocycles. The average Bonchev–Trinajstić information content (AvgIpc) is 3.40. The van der Waals surface area contributed by atoms with E-state index in [1.807, 2.05) is 89.7 Å². The number of pyridine rings is 2. The highest BCUT2D eigenvalue weighted by molar-refractivity contribution is 5.93. The summed E-state index contributed by atoms with van der Waals surface area (Å²) in [5, 5.41) is 4.80. The van der Waals surface area contributed by atoms with Crippen molar-refractivity contribution in [2.24, 2.45) is 0 Å². The Balaban J connectivity index is 1.23. The molecule has 0 radical (unpaired) electrons. The summed E-state index contributed by atoms with van der Waals surface area (Å²) in [5.74, 6) is 0.0107. The lowest BCUT2D eigenvalue weighted by molar-refractivity contribution is -0.127. The number of rotatable bonds is 8. The van der Waals surface area contributed by atoms with Gasteiger partial charge in [0.1, 0.15) is 5.69 Å². The third kappa shape index (κ3) is 6.19. The summed E-state index contributed by atoms with van der Waals surface area (Å²) in [6.07, 6.45) is 13.8. The smallest absolute Gasteiger partial charge is 0.246 e. The van der Waals surface area contributed by atoms with Crippen LogP contribution in [0.2, 0.25) is 0 Å². The minimum Gasteiger partial charge on any atom is -0.339 e. The van der Waals surface area contributed by atoms with Crippen LogP contribution in [0.5, 0.6) is 0 Å². The molecule has 0 unspecified atom stereocenters. The molecule has 0 bridgehead atoms. The van der Waals surface area contributed by atoms with Gasteiger partial charge in [-0.05, 0) is 55.3 Å². The SMILES string of the molecule is CN(C(=O)C=Cc1cn(-c2ccccc2)nc1-c1cccnc1)C1CCN(CCc2ccccn2)CC1. The fourth-order valence-corrected chi connectivity index (χ4v) is 4.76. The first-order valence-corrected chi connectivity index (χ1v) is 12.8. The van der Waals surface area contributed by atoms with E-state index in [4.69, 9.17) is 5.10 Å². The maximum Gasteiger partial charge on any atom is 0.246 e. The second-order valence-electron chi connectivity index (χ2n) is 9.38. The van der Waals surface area contributed by atoms with E-state index in [0.29, 0.717) is 0 Å². The Hall–Kier alpha value is -4.10. The Kier molecular flexibility index (Phi) is 7.81. The van der Waals surface area contributed by atoms with Crippen LogP contribution in [0.1, 0.15) is 24.1 Å². The van der Waals surface area contributed by atoms with E-state index in [9.17, 15) is 4.79 Å². The molecule has 5 rings (SSSR count). The minimum atomic E-state index is 0.0107. The van der Waals surface area contributed by atoms with Crippen LogP contribution in [0, 0.1) is 0 Å². The number of amides is 1. The fourth-order valence-electron chi connectivity index (χ4n) is 4.76. The van der Waals surface area contributed by atoms with Gasteiger partial charge in [-0.25, -0.2) is 4.68 Å². The number of carbonyl (C=O) groups is 1. The Morgan fingerprint density at radius 3 is 2.57 bits per heavy atom. The first-order valence-electron chi connectivity index (χ1n) is 12.8. The van der Waals surface area contributed by atoms with Gasteiger partial charge in [-0.3, -0.25) is 14.8 Å². The quantitative estimate of drug-likeness (QED) is 0.339. The number of para-hydroxylation sites is 1. The van der Waals surface area contributed by atoms with Gasteiger partial charge in [-0.2, -0.15) is 5.10 Å². The van der Waals surface area contributed by atoms with Crippen molar-refractivity contribution in [3.05, 3.63) is 103 Å². The number of likely N-dealkylation sites (tertiary alicyclic amines) is 1. The van der Waals surface area contributed by atoms with Crippen LogP contribution in [-0.4, -0.2) is 68.2 Å². The largest absolute Gasteiger partial charge is 0.339 e. The van der Waals surface area contributed by atoms with Gasteiger partial charge in [-0.1, -0.05) is 24.3 Å². The highest BCUT2D eigenvalue weighted by Crippen LogP contribution is 2.24. The number of aromatic nitrogens is 4. The maximum absolute atomic E-state index is 13.1. The molecule has 0 atom stereocenters. The minimum absolute atomic E-state index is 0.0107. The van der Waals surface area contributed by atoms with E-state index < -0.39 is 0 Å². The van der Waals surface area contributed by atoms with Crippen LogP contribution in [0.15, 0.2) is 91.5 Å². The number of piperidine rings is 1. The van der Waals surface area contributed by atoms with E-state index in [0.717, 1.165) is 67.1 Å². The maximum atomic E-state index is 13.1. The van der Waals surface area contributed by atoms with Crippen molar-refractivity contribution in [3.63, 3.8) is 0 Å². The van der Waals surface area contributed by atoms with Crippen LogP contribution >= 0.6 is 0 Å². The molecule has 0 spiro atoms. The van der Waals surface area contributed by atoms with Gasteiger partial charge in [0.2, 0.25) is 5.91 Å². The van der Waals surface area contributed by atoms with Crippen LogP contribution < -0.4 is 0 Å². The molecule has 0 aliphatic carbocycles. The predicted octanol–water partition coefficient (Wildman–Crippen LogP) is 4.51. The Bertz CT molecular complexity index is 1310. The number of benzene rings is 1. The van der Waals surface area contributed by atoms with Crippen LogP contribution in [0.3, 0.4) is 0 Å². The summed E-state index contributed by atoms with van der Waals surface area (Å²) in [5.41, 5.74) is 4.68. The molecule has 1 fully saturated rings. The number of hydrogen-bond donors (Lipinski definition) is 0. The zero-order chi connectivity index (χ0) is 25.5. The molecule has 1 aliphatic heterocycles. The van der Waals surface area contributed by atoms with Gasteiger partial charge >= 0.3 is 0 Å². The normalized spacial score (nSPS) is 14.7. The van der Waals surface area contributed by atoms with E-state index in [1.54, 1.807) is 18.5 Å². The molecular weight excluding hydrogens is 460 g/mol. The van der Waals surface area contributed by atoms with Gasteiger partial charge in [0.15, 0.2) is 0 Å². The third-order valence-electron chi connectivity index (χ3n) is 6.97. The first-order chi connectivity index (χ1) is 18.2. The second kappa shape index (κ2) is 11.8. The molecule has 0 N–H and O–H groups in total. The first kappa shape index (κ1) is 24.6. The molecule has 1 saturated heterocycles. The van der Waals surface area contributed by atoms with Crippen molar-refractivity contribution in [2.75, 3.05) is 26.7 Å². The number of hydrogen-bond acceptors (Lipinski definition) is 5. The van der Waals surface area contributed by atoms with E-state index in [1.165, 1.54) is 0 Å². The lowest BCUT2D eigenvalue weighted by Crippen LogP contribution is -2.45. The summed E-state index contributed by atoms with van der Waals surface area (Å²) < 4.78 is 1.84. The molecule has 3 aromatic heterocycles. The summed E-state index contributed by atoms with van der Waals surface area (Å²) in [4.78, 5) is 26.1. The highest BCUT2D eigenvalue weighted by atomic mass is 16.2. The zero-order valence-electron chi connectivity index (χ0n) is 21.1. The molecule has 37 heavy (non-hydrogen) atoms. The highest BCUT2D eigenvalue weighted by Gasteiger charge is 2.24. The summed E-state index contributed by atoms with van der Waals surface area (Å²) in [6, 6.07) is 20.2. The molecular formula is C30H32N6O. The molecule has 188 valence electrons. The molecule has 1 amide bonds. The molecule has 4 heterocycles. The number of likely N-dealkylation sites (N-methyl/N-ethyl adjacent to an activating group) is 1. The number of nitrogens with zero attached hydrogens (tertiary/aromatic N) is 6. The predicted molar refractivity (Wildman–Crippen MR) is 146 cm³/mol. The number of carbonyl (C=O) groups excluding carboxylic acids is 1. The third-order valence-corrected chi connectivity index (χ3v) is 6.97. The van der Waals surface area contributed by atoms with Gasteiger partial charge in [0.05, 0.1) is 5.69 Å². The summed E-state index contributed by atoms with van der Waals surface area (Å²) in [6.45, 7) is 2.99. The van der Waals surface area contributed by atoms with E-state index in [2.05, 4.69) is 20.9 Å². The van der Waals surface area contributed by atoms with Crippen molar-refractivity contribution in [1.29, 1.82) is 0 Å². The van der Waals surface area contributed by atoms with Crippen LogP contribution in [0.4, 0.5) is 0 Å². The lowest BCUT2D eigenvalue weighted by Gasteiger charge is -2.36. The van der Waals surface area contributed by atoms with Gasteiger partial charge < -0.3 is 9.80 Å².